The van der Waals surface area contributed by atoms with Gasteiger partial charge >= 0.3 is 0 Å². The molecule has 6 heteroatoms. The molecule has 1 atom stereocenters. The minimum atomic E-state index is -0.123. The van der Waals surface area contributed by atoms with Gasteiger partial charge in [0.1, 0.15) is 18.1 Å². The van der Waals surface area contributed by atoms with E-state index in [9.17, 15) is 4.79 Å². The van der Waals surface area contributed by atoms with Gasteiger partial charge in [0.2, 0.25) is 0 Å². The van der Waals surface area contributed by atoms with Crippen LogP contribution in [0.3, 0.4) is 0 Å². The Hall–Kier alpha value is -2.76. The lowest BCUT2D eigenvalue weighted by Crippen LogP contribution is -2.38. The topological polar surface area (TPSA) is 65.4 Å². The van der Waals surface area contributed by atoms with Crippen LogP contribution in [0.4, 0.5) is 0 Å². The second kappa shape index (κ2) is 7.21. The number of benzene rings is 1. The van der Waals surface area contributed by atoms with Gasteiger partial charge in [-0.2, -0.15) is 5.10 Å². The molecule has 1 aromatic carbocycles. The van der Waals surface area contributed by atoms with E-state index >= 15 is 0 Å². The first kappa shape index (κ1) is 16.1. The van der Waals surface area contributed by atoms with E-state index in [0.29, 0.717) is 18.7 Å². The zero-order valence-electron chi connectivity index (χ0n) is 13.9. The van der Waals surface area contributed by atoms with Gasteiger partial charge < -0.3 is 14.8 Å². The molecule has 0 aliphatic carbocycles. The van der Waals surface area contributed by atoms with Crippen LogP contribution in [0.2, 0.25) is 0 Å². The van der Waals surface area contributed by atoms with Crippen LogP contribution in [-0.2, 0) is 11.3 Å². The summed E-state index contributed by atoms with van der Waals surface area (Å²) in [7, 11) is 0. The molecule has 1 amide bonds. The molecule has 0 radical (unpaired) electrons. The number of ether oxygens (including phenoxy) is 2. The van der Waals surface area contributed by atoms with E-state index in [0.717, 1.165) is 17.1 Å². The number of nitrogens with one attached hydrogen (secondary N) is 1. The minimum Gasteiger partial charge on any atom is -0.494 e. The van der Waals surface area contributed by atoms with Gasteiger partial charge in [-0.25, -0.2) is 0 Å². The van der Waals surface area contributed by atoms with Gasteiger partial charge in [0.15, 0.2) is 0 Å². The average Bonchev–Trinajstić information content (AvgIpc) is 3.07. The summed E-state index contributed by atoms with van der Waals surface area (Å²) in [6.45, 7) is 5.37. The monoisotopic (exact) mass is 327 g/mol. The molecule has 0 saturated heterocycles. The number of nitrogens with zero attached hydrogens (tertiary/aromatic N) is 2. The summed E-state index contributed by atoms with van der Waals surface area (Å²) in [5.74, 6) is 1.41. The van der Waals surface area contributed by atoms with E-state index in [4.69, 9.17) is 9.47 Å². The summed E-state index contributed by atoms with van der Waals surface area (Å²) in [5, 5.41) is 7.12. The van der Waals surface area contributed by atoms with E-state index < -0.39 is 0 Å². The Labute approximate surface area is 141 Å². The van der Waals surface area contributed by atoms with Crippen molar-refractivity contribution in [2.24, 2.45) is 0 Å². The van der Waals surface area contributed by atoms with Gasteiger partial charge in [0.05, 0.1) is 18.7 Å². The van der Waals surface area contributed by atoms with Crippen molar-refractivity contribution in [2.45, 2.75) is 26.4 Å². The molecule has 0 bridgehead atoms. The zero-order valence-corrected chi connectivity index (χ0v) is 13.9. The quantitative estimate of drug-likeness (QED) is 0.884. The fraction of sp³-hybridized carbons (Fsp3) is 0.333. The molecule has 0 fully saturated rings. The lowest BCUT2D eigenvalue weighted by Gasteiger charge is -2.20. The predicted molar refractivity (Wildman–Crippen MR) is 90.9 cm³/mol. The summed E-state index contributed by atoms with van der Waals surface area (Å²) in [6.07, 6.45) is 5.45. The second-order valence-corrected chi connectivity index (χ2v) is 5.69. The summed E-state index contributed by atoms with van der Waals surface area (Å²) < 4.78 is 13.0. The number of fused-ring (bicyclic) bond motifs is 1. The first-order valence-electron chi connectivity index (χ1n) is 8.04. The fourth-order valence-corrected chi connectivity index (χ4v) is 2.59. The van der Waals surface area contributed by atoms with Crippen LogP contribution in [0.15, 0.2) is 42.2 Å². The predicted octanol–water partition coefficient (Wildman–Crippen LogP) is 2.26. The number of carbonyl (C=O) groups excluding carboxylic acids is 1. The molecule has 3 rings (SSSR count). The van der Waals surface area contributed by atoms with Crippen LogP contribution in [0.5, 0.6) is 11.5 Å². The highest BCUT2D eigenvalue weighted by Gasteiger charge is 2.19. The molecule has 1 aliphatic heterocycles. The third kappa shape index (κ3) is 3.76. The largest absolute Gasteiger partial charge is 0.494 e. The van der Waals surface area contributed by atoms with E-state index in [2.05, 4.69) is 10.4 Å². The second-order valence-electron chi connectivity index (χ2n) is 5.69. The van der Waals surface area contributed by atoms with Crippen molar-refractivity contribution in [3.8, 4) is 11.5 Å². The Balaban J connectivity index is 1.67. The normalized spacial score (nSPS) is 14.2. The highest BCUT2D eigenvalue weighted by Crippen LogP contribution is 2.30. The van der Waals surface area contributed by atoms with Crippen LogP contribution in [-0.4, -0.2) is 34.9 Å². The maximum atomic E-state index is 12.4. The Bertz CT molecular complexity index is 738. The molecular weight excluding hydrogens is 306 g/mol. The molecule has 2 heterocycles. The number of hydrogen-bond donors (Lipinski definition) is 1. The fourth-order valence-electron chi connectivity index (χ4n) is 2.59. The number of aromatic nitrogens is 2. The molecular formula is C18H21N3O3. The number of rotatable bonds is 6. The van der Waals surface area contributed by atoms with Gasteiger partial charge in [-0.05, 0) is 44.2 Å². The average molecular weight is 327 g/mol. The Morgan fingerprint density at radius 3 is 3.12 bits per heavy atom. The van der Waals surface area contributed by atoms with Gasteiger partial charge in [-0.1, -0.05) is 0 Å². The highest BCUT2D eigenvalue weighted by molar-refractivity contribution is 5.99. The summed E-state index contributed by atoms with van der Waals surface area (Å²) >= 11 is 0. The van der Waals surface area contributed by atoms with E-state index in [1.54, 1.807) is 10.9 Å². The molecule has 6 nitrogen and oxygen atoms in total. The van der Waals surface area contributed by atoms with Crippen LogP contribution in [0.1, 0.15) is 19.4 Å². The van der Waals surface area contributed by atoms with Gasteiger partial charge in [-0.3, -0.25) is 9.48 Å². The molecule has 0 saturated carbocycles. The molecule has 1 N–H and O–H groups in total. The Kier molecular flexibility index (Phi) is 4.84. The van der Waals surface area contributed by atoms with E-state index in [1.807, 2.05) is 50.4 Å². The van der Waals surface area contributed by atoms with Crippen LogP contribution in [0.25, 0.3) is 6.08 Å². The lowest BCUT2D eigenvalue weighted by atomic mass is 10.1. The third-order valence-electron chi connectivity index (χ3n) is 3.69. The van der Waals surface area contributed by atoms with Crippen molar-refractivity contribution in [1.29, 1.82) is 0 Å². The molecule has 0 unspecified atom stereocenters. The van der Waals surface area contributed by atoms with Crippen molar-refractivity contribution in [2.75, 3.05) is 13.2 Å². The Morgan fingerprint density at radius 1 is 1.50 bits per heavy atom. The number of hydrogen-bond acceptors (Lipinski definition) is 4. The maximum Gasteiger partial charge on any atom is 0.250 e. The minimum absolute atomic E-state index is 0.0329. The first-order valence-corrected chi connectivity index (χ1v) is 8.04. The molecule has 2 aromatic rings. The van der Waals surface area contributed by atoms with Crippen molar-refractivity contribution in [1.82, 2.24) is 15.1 Å². The zero-order chi connectivity index (χ0) is 16.9. The number of carbonyl (C=O) groups is 1. The lowest BCUT2D eigenvalue weighted by molar-refractivity contribution is -0.118. The third-order valence-corrected chi connectivity index (χ3v) is 3.69. The van der Waals surface area contributed by atoms with Crippen LogP contribution >= 0.6 is 0 Å². The number of amides is 1. The Morgan fingerprint density at radius 2 is 2.38 bits per heavy atom. The van der Waals surface area contributed by atoms with Gasteiger partial charge in [0.25, 0.3) is 5.91 Å². The summed E-state index contributed by atoms with van der Waals surface area (Å²) in [4.78, 5) is 12.4. The molecule has 126 valence electrons. The highest BCUT2D eigenvalue weighted by atomic mass is 16.5. The first-order chi connectivity index (χ1) is 11.7. The molecule has 1 aliphatic rings. The van der Waals surface area contributed by atoms with Crippen LogP contribution < -0.4 is 14.8 Å². The van der Waals surface area contributed by atoms with Crippen molar-refractivity contribution in [3.63, 3.8) is 0 Å². The molecule has 1 aromatic heterocycles. The standard InChI is InChI=1S/C18H21N3O3/c1-3-23-16-5-6-17-14(10-16)9-15(12-24-17)18(22)20-13(2)11-21-8-4-7-19-21/h4-10,13H,3,11-12H2,1-2H3,(H,20,22)/t13-/m1/s1. The summed E-state index contributed by atoms with van der Waals surface area (Å²) in [5.41, 5.74) is 1.46. The molecule has 0 spiro atoms. The maximum absolute atomic E-state index is 12.4. The van der Waals surface area contributed by atoms with Crippen molar-refractivity contribution in [3.05, 3.63) is 47.8 Å². The summed E-state index contributed by atoms with van der Waals surface area (Å²) in [6, 6.07) is 7.45. The molecule has 24 heavy (non-hydrogen) atoms. The van der Waals surface area contributed by atoms with Crippen molar-refractivity contribution < 1.29 is 14.3 Å². The van der Waals surface area contributed by atoms with E-state index in [1.165, 1.54) is 0 Å². The van der Waals surface area contributed by atoms with Crippen molar-refractivity contribution >= 4 is 12.0 Å². The van der Waals surface area contributed by atoms with Crippen LogP contribution in [0, 0.1) is 0 Å². The van der Waals surface area contributed by atoms with E-state index in [-0.39, 0.29) is 18.6 Å². The van der Waals surface area contributed by atoms with Gasteiger partial charge in [0, 0.05) is 24.0 Å². The smallest absolute Gasteiger partial charge is 0.250 e. The van der Waals surface area contributed by atoms with Gasteiger partial charge in [-0.15, -0.1) is 0 Å². The SMILES string of the molecule is CCOc1ccc2c(c1)C=C(C(=O)N[C@H](C)Cn1cccn1)CO2.